The Kier molecular flexibility index (Phi) is 6.07. The average molecular weight is 258 g/mol. The number of halogens is 2. The number of benzene rings is 1. The highest BCUT2D eigenvalue weighted by Gasteiger charge is 2.07. The van der Waals surface area contributed by atoms with Gasteiger partial charge in [0.25, 0.3) is 5.91 Å². The van der Waals surface area contributed by atoms with Crippen LogP contribution in [0, 0.1) is 11.6 Å². The van der Waals surface area contributed by atoms with E-state index in [2.05, 4.69) is 10.6 Å². The highest BCUT2D eigenvalue weighted by atomic mass is 19.1. The maximum atomic E-state index is 13.1. The standard InChI is InChI=1S/C12H16F2N2O2/c1-15-5-2-6-16-12(17)8-18-11-4-3-9(13)7-10(11)14/h3-4,7,15H,2,5-6,8H2,1H3,(H,16,17). The Bertz CT molecular complexity index is 400. The summed E-state index contributed by atoms with van der Waals surface area (Å²) >= 11 is 0. The van der Waals surface area contributed by atoms with Crippen LogP contribution >= 0.6 is 0 Å². The zero-order valence-electron chi connectivity index (χ0n) is 10.1. The summed E-state index contributed by atoms with van der Waals surface area (Å²) in [6.45, 7) is 1.03. The third-order valence-corrected chi connectivity index (χ3v) is 2.18. The van der Waals surface area contributed by atoms with Gasteiger partial charge in [-0.15, -0.1) is 0 Å². The van der Waals surface area contributed by atoms with E-state index < -0.39 is 11.6 Å². The van der Waals surface area contributed by atoms with Crippen LogP contribution in [0.2, 0.25) is 0 Å². The van der Waals surface area contributed by atoms with E-state index in [4.69, 9.17) is 4.74 Å². The van der Waals surface area contributed by atoms with E-state index in [1.54, 1.807) is 0 Å². The predicted molar refractivity (Wildman–Crippen MR) is 63.4 cm³/mol. The molecule has 18 heavy (non-hydrogen) atoms. The molecule has 2 N–H and O–H groups in total. The molecule has 0 unspecified atom stereocenters. The van der Waals surface area contributed by atoms with Gasteiger partial charge in [0.15, 0.2) is 18.2 Å². The molecule has 1 aromatic carbocycles. The van der Waals surface area contributed by atoms with Gasteiger partial charge in [-0.25, -0.2) is 8.78 Å². The molecule has 0 atom stereocenters. The number of hydrogen-bond acceptors (Lipinski definition) is 3. The first kappa shape index (κ1) is 14.4. The lowest BCUT2D eigenvalue weighted by Gasteiger charge is -2.08. The molecule has 0 bridgehead atoms. The molecule has 6 heteroatoms. The maximum Gasteiger partial charge on any atom is 0.257 e. The van der Waals surface area contributed by atoms with Crippen LogP contribution in [0.4, 0.5) is 8.78 Å². The second-order valence-corrected chi connectivity index (χ2v) is 3.67. The lowest BCUT2D eigenvalue weighted by Crippen LogP contribution is -2.31. The van der Waals surface area contributed by atoms with Gasteiger partial charge < -0.3 is 15.4 Å². The Hall–Kier alpha value is -1.69. The third-order valence-electron chi connectivity index (χ3n) is 2.18. The quantitative estimate of drug-likeness (QED) is 0.719. The molecule has 0 aliphatic rings. The molecule has 1 rings (SSSR count). The number of hydrogen-bond donors (Lipinski definition) is 2. The summed E-state index contributed by atoms with van der Waals surface area (Å²) in [4.78, 5) is 11.3. The van der Waals surface area contributed by atoms with E-state index in [0.29, 0.717) is 12.6 Å². The molecule has 4 nitrogen and oxygen atoms in total. The molecule has 0 aromatic heterocycles. The first-order valence-electron chi connectivity index (χ1n) is 5.62. The topological polar surface area (TPSA) is 50.4 Å². The van der Waals surface area contributed by atoms with Crippen LogP contribution < -0.4 is 15.4 Å². The normalized spacial score (nSPS) is 10.2. The molecule has 1 amide bonds. The van der Waals surface area contributed by atoms with Gasteiger partial charge in [0.05, 0.1) is 0 Å². The van der Waals surface area contributed by atoms with E-state index >= 15 is 0 Å². The minimum absolute atomic E-state index is 0.137. The van der Waals surface area contributed by atoms with Crippen molar-refractivity contribution >= 4 is 5.91 Å². The first-order chi connectivity index (χ1) is 8.63. The summed E-state index contributed by atoms with van der Waals surface area (Å²) in [5.74, 6) is -1.98. The maximum absolute atomic E-state index is 13.1. The van der Waals surface area contributed by atoms with Gasteiger partial charge in [0.2, 0.25) is 0 Å². The Balaban J connectivity index is 2.29. The number of ether oxygens (including phenoxy) is 1. The average Bonchev–Trinajstić information content (AvgIpc) is 2.33. The molecule has 0 saturated heterocycles. The largest absolute Gasteiger partial charge is 0.481 e. The molecular formula is C12H16F2N2O2. The fourth-order valence-corrected chi connectivity index (χ4v) is 1.28. The second kappa shape index (κ2) is 7.60. The Morgan fingerprint density at radius 2 is 2.11 bits per heavy atom. The van der Waals surface area contributed by atoms with Crippen molar-refractivity contribution in [3.05, 3.63) is 29.8 Å². The summed E-state index contributed by atoms with van der Waals surface area (Å²) in [7, 11) is 1.82. The molecular weight excluding hydrogens is 242 g/mol. The van der Waals surface area contributed by atoms with Crippen molar-refractivity contribution in [3.8, 4) is 5.75 Å². The fourth-order valence-electron chi connectivity index (χ4n) is 1.28. The zero-order chi connectivity index (χ0) is 13.4. The Morgan fingerprint density at radius 3 is 2.78 bits per heavy atom. The first-order valence-corrected chi connectivity index (χ1v) is 5.62. The van der Waals surface area contributed by atoms with Crippen LogP contribution in [-0.4, -0.2) is 32.7 Å². The highest BCUT2D eigenvalue weighted by Crippen LogP contribution is 2.17. The zero-order valence-corrected chi connectivity index (χ0v) is 10.1. The highest BCUT2D eigenvalue weighted by molar-refractivity contribution is 5.77. The molecule has 1 aromatic rings. The molecule has 0 saturated carbocycles. The van der Waals surface area contributed by atoms with E-state index in [-0.39, 0.29) is 18.3 Å². The van der Waals surface area contributed by atoms with Crippen molar-refractivity contribution in [2.75, 3.05) is 26.7 Å². The number of carbonyl (C=O) groups is 1. The molecule has 0 heterocycles. The number of amides is 1. The van der Waals surface area contributed by atoms with Gasteiger partial charge in [-0.2, -0.15) is 0 Å². The van der Waals surface area contributed by atoms with Gasteiger partial charge in [-0.05, 0) is 32.1 Å². The monoisotopic (exact) mass is 258 g/mol. The van der Waals surface area contributed by atoms with Gasteiger partial charge in [-0.1, -0.05) is 0 Å². The summed E-state index contributed by atoms with van der Waals surface area (Å²) < 4.78 is 30.7. The van der Waals surface area contributed by atoms with Crippen molar-refractivity contribution in [2.45, 2.75) is 6.42 Å². The third kappa shape index (κ3) is 5.09. The fraction of sp³-hybridized carbons (Fsp3) is 0.417. The van der Waals surface area contributed by atoms with Gasteiger partial charge in [-0.3, -0.25) is 4.79 Å². The van der Waals surface area contributed by atoms with E-state index in [1.165, 1.54) is 0 Å². The van der Waals surface area contributed by atoms with Crippen molar-refractivity contribution in [2.24, 2.45) is 0 Å². The second-order valence-electron chi connectivity index (χ2n) is 3.67. The minimum Gasteiger partial charge on any atom is -0.481 e. The lowest BCUT2D eigenvalue weighted by molar-refractivity contribution is -0.123. The lowest BCUT2D eigenvalue weighted by atomic mass is 10.3. The molecule has 100 valence electrons. The van der Waals surface area contributed by atoms with E-state index in [1.807, 2.05) is 7.05 Å². The molecule has 0 spiro atoms. The summed E-state index contributed by atoms with van der Waals surface area (Å²) in [5.41, 5.74) is 0. The summed E-state index contributed by atoms with van der Waals surface area (Å²) in [6.07, 6.45) is 0.799. The van der Waals surface area contributed by atoms with E-state index in [9.17, 15) is 13.6 Å². The molecule has 0 aliphatic carbocycles. The van der Waals surface area contributed by atoms with Crippen LogP contribution in [0.3, 0.4) is 0 Å². The molecule has 0 radical (unpaired) electrons. The number of carbonyl (C=O) groups excluding carboxylic acids is 1. The van der Waals surface area contributed by atoms with Gasteiger partial charge in [0.1, 0.15) is 5.82 Å². The van der Waals surface area contributed by atoms with Gasteiger partial charge in [0, 0.05) is 12.6 Å². The van der Waals surface area contributed by atoms with Crippen molar-refractivity contribution in [1.29, 1.82) is 0 Å². The van der Waals surface area contributed by atoms with Crippen molar-refractivity contribution < 1.29 is 18.3 Å². The van der Waals surface area contributed by atoms with Crippen molar-refractivity contribution in [1.82, 2.24) is 10.6 Å². The smallest absolute Gasteiger partial charge is 0.257 e. The van der Waals surface area contributed by atoms with Crippen LogP contribution in [0.1, 0.15) is 6.42 Å². The van der Waals surface area contributed by atoms with Crippen LogP contribution in [-0.2, 0) is 4.79 Å². The number of rotatable bonds is 7. The predicted octanol–water partition coefficient (Wildman–Crippen LogP) is 1.07. The van der Waals surface area contributed by atoms with Crippen molar-refractivity contribution in [3.63, 3.8) is 0 Å². The minimum atomic E-state index is -0.821. The van der Waals surface area contributed by atoms with E-state index in [0.717, 1.165) is 25.1 Å². The van der Waals surface area contributed by atoms with Crippen LogP contribution in [0.15, 0.2) is 18.2 Å². The molecule has 0 fully saturated rings. The SMILES string of the molecule is CNCCCNC(=O)COc1ccc(F)cc1F. The van der Waals surface area contributed by atoms with Gasteiger partial charge >= 0.3 is 0 Å². The summed E-state index contributed by atoms with van der Waals surface area (Å²) in [5, 5.41) is 5.56. The Labute approximate surface area is 104 Å². The van der Waals surface area contributed by atoms with Crippen LogP contribution in [0.25, 0.3) is 0 Å². The Morgan fingerprint density at radius 1 is 1.33 bits per heavy atom. The number of nitrogens with one attached hydrogen (secondary N) is 2. The van der Waals surface area contributed by atoms with Crippen LogP contribution in [0.5, 0.6) is 5.75 Å². The molecule has 0 aliphatic heterocycles. The summed E-state index contributed by atoms with van der Waals surface area (Å²) in [6, 6.07) is 2.93.